The molecule has 0 saturated heterocycles. The van der Waals surface area contributed by atoms with Crippen LogP contribution in [0.4, 0.5) is 0 Å². The Labute approximate surface area is 115 Å². The Hall–Kier alpha value is -1.59. The molecule has 0 amide bonds. The van der Waals surface area contributed by atoms with E-state index in [9.17, 15) is 9.90 Å². The number of hydrogen-bond donors (Lipinski definition) is 2. The van der Waals surface area contributed by atoms with Gasteiger partial charge in [0.2, 0.25) is 0 Å². The molecule has 5 nitrogen and oxygen atoms in total. The Bertz CT molecular complexity index is 609. The summed E-state index contributed by atoms with van der Waals surface area (Å²) >= 11 is 5.97. The number of nitrogens with zero attached hydrogens (tertiary/aromatic N) is 2. The van der Waals surface area contributed by atoms with Gasteiger partial charge in [0.05, 0.1) is 17.5 Å². The van der Waals surface area contributed by atoms with Crippen LogP contribution in [0.3, 0.4) is 0 Å². The van der Waals surface area contributed by atoms with Crippen molar-refractivity contribution >= 4 is 28.6 Å². The zero-order valence-electron chi connectivity index (χ0n) is 10.5. The van der Waals surface area contributed by atoms with Gasteiger partial charge in [0.1, 0.15) is 11.9 Å². The molecule has 1 aromatic carbocycles. The molecule has 6 heteroatoms. The highest BCUT2D eigenvalue weighted by Crippen LogP contribution is 2.25. The first kappa shape index (κ1) is 13.8. The van der Waals surface area contributed by atoms with Crippen molar-refractivity contribution in [3.05, 3.63) is 29.0 Å². The molecular weight excluding hydrogens is 268 g/mol. The lowest BCUT2D eigenvalue weighted by Gasteiger charge is -2.11. The van der Waals surface area contributed by atoms with Gasteiger partial charge in [0.15, 0.2) is 0 Å². The van der Waals surface area contributed by atoms with Crippen LogP contribution < -0.4 is 0 Å². The fourth-order valence-corrected chi connectivity index (χ4v) is 2.25. The summed E-state index contributed by atoms with van der Waals surface area (Å²) in [6, 6.07) is 5.26. The first-order valence-electron chi connectivity index (χ1n) is 6.08. The smallest absolute Gasteiger partial charge is 0.306 e. The monoisotopic (exact) mass is 282 g/mol. The number of hydrogen-bond acceptors (Lipinski definition) is 3. The average Bonchev–Trinajstić information content (AvgIpc) is 2.67. The van der Waals surface area contributed by atoms with E-state index in [1.165, 1.54) is 0 Å². The number of aliphatic carboxylic acids is 1. The highest BCUT2D eigenvalue weighted by molar-refractivity contribution is 6.31. The Morgan fingerprint density at radius 2 is 2.26 bits per heavy atom. The van der Waals surface area contributed by atoms with Crippen molar-refractivity contribution < 1.29 is 15.0 Å². The van der Waals surface area contributed by atoms with Crippen LogP contribution in [-0.2, 0) is 11.3 Å². The van der Waals surface area contributed by atoms with E-state index in [0.717, 1.165) is 11.9 Å². The number of aliphatic hydroxyl groups is 1. The molecule has 0 saturated carbocycles. The molecule has 0 fully saturated rings. The van der Waals surface area contributed by atoms with Crippen molar-refractivity contribution in [1.82, 2.24) is 9.55 Å². The average molecular weight is 283 g/mol. The van der Waals surface area contributed by atoms with Crippen LogP contribution in [0.2, 0.25) is 5.02 Å². The van der Waals surface area contributed by atoms with Gasteiger partial charge in [0, 0.05) is 11.6 Å². The Morgan fingerprint density at radius 3 is 2.89 bits per heavy atom. The van der Waals surface area contributed by atoms with E-state index in [1.54, 1.807) is 18.2 Å². The van der Waals surface area contributed by atoms with E-state index in [0.29, 0.717) is 22.9 Å². The molecule has 0 aliphatic carbocycles. The number of benzene rings is 1. The normalized spacial score (nSPS) is 12.8. The second-order valence-electron chi connectivity index (χ2n) is 4.37. The minimum Gasteiger partial charge on any atom is -0.481 e. The number of aromatic nitrogens is 2. The Balaban J connectivity index is 2.52. The molecule has 2 rings (SSSR count). The molecule has 0 radical (unpaired) electrons. The maximum absolute atomic E-state index is 10.7. The number of imidazole rings is 1. The van der Waals surface area contributed by atoms with Gasteiger partial charge < -0.3 is 14.8 Å². The molecule has 0 bridgehead atoms. The third-order valence-electron chi connectivity index (χ3n) is 2.85. The first-order chi connectivity index (χ1) is 9.02. The summed E-state index contributed by atoms with van der Waals surface area (Å²) in [6.07, 6.45) is -0.624. The molecule has 2 N–H and O–H groups in total. The first-order valence-corrected chi connectivity index (χ1v) is 6.46. The summed E-state index contributed by atoms with van der Waals surface area (Å²) < 4.78 is 1.83. The maximum atomic E-state index is 10.7. The highest BCUT2D eigenvalue weighted by Gasteiger charge is 2.20. The summed E-state index contributed by atoms with van der Waals surface area (Å²) in [7, 11) is 0. The van der Waals surface area contributed by atoms with Gasteiger partial charge in [-0.05, 0) is 24.6 Å². The van der Waals surface area contributed by atoms with Gasteiger partial charge in [-0.2, -0.15) is 0 Å². The van der Waals surface area contributed by atoms with Crippen molar-refractivity contribution in [2.45, 2.75) is 32.4 Å². The van der Waals surface area contributed by atoms with Crippen LogP contribution in [0.25, 0.3) is 11.0 Å². The minimum absolute atomic E-state index is 0.360. The van der Waals surface area contributed by atoms with E-state index in [4.69, 9.17) is 16.7 Å². The summed E-state index contributed by atoms with van der Waals surface area (Å²) in [6.45, 7) is 2.66. The molecule has 1 atom stereocenters. The molecule has 102 valence electrons. The molecule has 0 aliphatic rings. The van der Waals surface area contributed by atoms with Gasteiger partial charge in [-0.15, -0.1) is 0 Å². The topological polar surface area (TPSA) is 75.4 Å². The van der Waals surface area contributed by atoms with E-state index >= 15 is 0 Å². The van der Waals surface area contributed by atoms with Crippen molar-refractivity contribution in [3.63, 3.8) is 0 Å². The van der Waals surface area contributed by atoms with E-state index in [1.807, 2.05) is 11.5 Å². The molecule has 1 aromatic heterocycles. The fraction of sp³-hybridized carbons (Fsp3) is 0.385. The van der Waals surface area contributed by atoms with Crippen LogP contribution in [0.5, 0.6) is 0 Å². The summed E-state index contributed by atoms with van der Waals surface area (Å²) in [4.78, 5) is 15.0. The number of fused-ring (bicyclic) bond motifs is 1. The molecule has 0 aliphatic heterocycles. The quantitative estimate of drug-likeness (QED) is 0.884. The van der Waals surface area contributed by atoms with E-state index in [-0.39, 0.29) is 6.42 Å². The number of aliphatic hydroxyl groups excluding tert-OH is 1. The number of carboxylic acids is 1. The predicted octanol–water partition coefficient (Wildman–Crippen LogP) is 2.61. The third-order valence-corrected chi connectivity index (χ3v) is 3.09. The minimum atomic E-state index is -1.12. The maximum Gasteiger partial charge on any atom is 0.306 e. The highest BCUT2D eigenvalue weighted by atomic mass is 35.5. The lowest BCUT2D eigenvalue weighted by atomic mass is 10.2. The van der Waals surface area contributed by atoms with Crippen molar-refractivity contribution in [3.8, 4) is 0 Å². The van der Waals surface area contributed by atoms with E-state index in [2.05, 4.69) is 4.98 Å². The molecule has 0 spiro atoms. The molecule has 1 heterocycles. The standard InChI is InChI=1S/C13H15ClN2O3/c1-2-5-16-10-6-8(14)3-4-9(10)15-13(16)11(17)7-12(18)19/h3-4,6,11,17H,2,5,7H2,1H3,(H,18,19)/t11-/m0/s1. The summed E-state index contributed by atoms with van der Waals surface area (Å²) in [5, 5.41) is 19.3. The largest absolute Gasteiger partial charge is 0.481 e. The Kier molecular flexibility index (Phi) is 4.07. The third kappa shape index (κ3) is 2.88. The second kappa shape index (κ2) is 5.59. The van der Waals surface area contributed by atoms with Crippen molar-refractivity contribution in [2.24, 2.45) is 0 Å². The molecule has 0 unspecified atom stereocenters. The fourth-order valence-electron chi connectivity index (χ4n) is 2.08. The van der Waals surface area contributed by atoms with Crippen LogP contribution in [-0.4, -0.2) is 25.7 Å². The zero-order chi connectivity index (χ0) is 14.0. The van der Waals surface area contributed by atoms with Crippen LogP contribution in [0.15, 0.2) is 18.2 Å². The second-order valence-corrected chi connectivity index (χ2v) is 4.80. The lowest BCUT2D eigenvalue weighted by Crippen LogP contribution is -2.12. The summed E-state index contributed by atoms with van der Waals surface area (Å²) in [5.41, 5.74) is 1.52. The number of carbonyl (C=O) groups is 1. The Morgan fingerprint density at radius 1 is 1.53 bits per heavy atom. The predicted molar refractivity (Wildman–Crippen MR) is 72.2 cm³/mol. The van der Waals surface area contributed by atoms with Crippen LogP contribution in [0, 0.1) is 0 Å². The number of halogens is 1. The van der Waals surface area contributed by atoms with Crippen molar-refractivity contribution in [1.29, 1.82) is 0 Å². The number of carboxylic acid groups (broad SMARTS) is 1. The molecular formula is C13H15ClN2O3. The van der Waals surface area contributed by atoms with Gasteiger partial charge >= 0.3 is 5.97 Å². The molecule has 19 heavy (non-hydrogen) atoms. The lowest BCUT2D eigenvalue weighted by molar-refractivity contribution is -0.139. The number of aryl methyl sites for hydroxylation is 1. The SMILES string of the molecule is CCCn1c([C@@H](O)CC(=O)O)nc2ccc(Cl)cc21. The van der Waals surface area contributed by atoms with Gasteiger partial charge in [0.25, 0.3) is 0 Å². The van der Waals surface area contributed by atoms with Crippen molar-refractivity contribution in [2.75, 3.05) is 0 Å². The van der Waals surface area contributed by atoms with Crippen LogP contribution >= 0.6 is 11.6 Å². The summed E-state index contributed by atoms with van der Waals surface area (Å²) in [5.74, 6) is -0.679. The van der Waals surface area contributed by atoms with Crippen LogP contribution in [0.1, 0.15) is 31.7 Å². The van der Waals surface area contributed by atoms with Gasteiger partial charge in [-0.3, -0.25) is 4.79 Å². The van der Waals surface area contributed by atoms with Gasteiger partial charge in [-0.25, -0.2) is 4.98 Å². The zero-order valence-corrected chi connectivity index (χ0v) is 11.3. The van der Waals surface area contributed by atoms with E-state index < -0.39 is 12.1 Å². The van der Waals surface area contributed by atoms with Gasteiger partial charge in [-0.1, -0.05) is 18.5 Å². The number of rotatable bonds is 5. The molecule has 2 aromatic rings.